The van der Waals surface area contributed by atoms with Crippen molar-refractivity contribution in [1.82, 2.24) is 5.32 Å². The average molecular weight is 171 g/mol. The zero-order valence-electron chi connectivity index (χ0n) is 8.85. The average Bonchev–Trinajstić information content (AvgIpc) is 1.97. The van der Waals surface area contributed by atoms with Crippen LogP contribution in [-0.4, -0.2) is 23.8 Å². The summed E-state index contributed by atoms with van der Waals surface area (Å²) in [4.78, 5) is 0. The Labute approximate surface area is 75.7 Å². The number of morpholine rings is 1. The van der Waals surface area contributed by atoms with Gasteiger partial charge in [-0.15, -0.1) is 0 Å². The van der Waals surface area contributed by atoms with Crippen molar-refractivity contribution in [3.05, 3.63) is 0 Å². The van der Waals surface area contributed by atoms with Gasteiger partial charge in [0.15, 0.2) is 0 Å². The van der Waals surface area contributed by atoms with E-state index < -0.39 is 0 Å². The van der Waals surface area contributed by atoms with E-state index in [0.717, 1.165) is 6.42 Å². The highest BCUT2D eigenvalue weighted by atomic mass is 16.5. The van der Waals surface area contributed by atoms with Crippen LogP contribution in [0.4, 0.5) is 0 Å². The van der Waals surface area contributed by atoms with Crippen molar-refractivity contribution in [2.75, 3.05) is 0 Å². The Morgan fingerprint density at radius 2 is 1.92 bits per heavy atom. The van der Waals surface area contributed by atoms with Gasteiger partial charge in [-0.1, -0.05) is 6.92 Å². The normalized spacial score (nSPS) is 41.2. The first-order valence-electron chi connectivity index (χ1n) is 4.91. The molecule has 3 atom stereocenters. The lowest BCUT2D eigenvalue weighted by molar-refractivity contribution is -0.135. The maximum atomic E-state index is 5.98. The van der Waals surface area contributed by atoms with Crippen LogP contribution in [0.3, 0.4) is 0 Å². The van der Waals surface area contributed by atoms with Crippen molar-refractivity contribution < 1.29 is 4.74 Å². The molecular weight excluding hydrogens is 150 g/mol. The molecule has 1 heterocycles. The molecule has 0 amide bonds. The molecule has 1 N–H and O–H groups in total. The second-order valence-electron chi connectivity index (χ2n) is 4.35. The molecule has 1 rings (SSSR count). The van der Waals surface area contributed by atoms with Crippen LogP contribution in [0.5, 0.6) is 0 Å². The van der Waals surface area contributed by atoms with Gasteiger partial charge in [-0.25, -0.2) is 0 Å². The highest BCUT2D eigenvalue weighted by Gasteiger charge is 2.37. The summed E-state index contributed by atoms with van der Waals surface area (Å²) < 4.78 is 5.98. The maximum Gasteiger partial charge on any atom is 0.0780 e. The van der Waals surface area contributed by atoms with E-state index in [1.165, 1.54) is 0 Å². The van der Waals surface area contributed by atoms with Gasteiger partial charge in [0.1, 0.15) is 0 Å². The molecule has 2 heteroatoms. The summed E-state index contributed by atoms with van der Waals surface area (Å²) in [6.07, 6.45) is 1.46. The minimum atomic E-state index is -0.0206. The van der Waals surface area contributed by atoms with Crippen molar-refractivity contribution in [1.29, 1.82) is 0 Å². The van der Waals surface area contributed by atoms with Gasteiger partial charge in [0.2, 0.25) is 0 Å². The van der Waals surface area contributed by atoms with E-state index in [1.807, 2.05) is 0 Å². The summed E-state index contributed by atoms with van der Waals surface area (Å²) >= 11 is 0. The van der Waals surface area contributed by atoms with Crippen molar-refractivity contribution in [2.24, 2.45) is 0 Å². The van der Waals surface area contributed by atoms with Crippen LogP contribution in [0.15, 0.2) is 0 Å². The number of nitrogens with one attached hydrogen (secondary N) is 1. The highest BCUT2D eigenvalue weighted by Crippen LogP contribution is 2.25. The summed E-state index contributed by atoms with van der Waals surface area (Å²) in [6.45, 7) is 10.9. The predicted molar refractivity (Wildman–Crippen MR) is 51.3 cm³/mol. The molecule has 0 aromatic heterocycles. The summed E-state index contributed by atoms with van der Waals surface area (Å²) in [6, 6.07) is 0.924. The fraction of sp³-hybridized carbons (Fsp3) is 1.00. The molecule has 0 spiro atoms. The largest absolute Gasteiger partial charge is 0.369 e. The van der Waals surface area contributed by atoms with Gasteiger partial charge < -0.3 is 10.1 Å². The summed E-state index contributed by atoms with van der Waals surface area (Å²) in [7, 11) is 0. The minimum absolute atomic E-state index is 0.0206. The molecule has 0 aliphatic carbocycles. The van der Waals surface area contributed by atoms with Gasteiger partial charge in [0, 0.05) is 12.1 Å². The second kappa shape index (κ2) is 3.35. The Hall–Kier alpha value is -0.0800. The standard InChI is InChI=1S/C10H21NO/c1-6-9-7(2)11-8(3)10(4,5)12-9/h7-9,11H,6H2,1-5H3. The summed E-state index contributed by atoms with van der Waals surface area (Å²) in [5, 5.41) is 3.55. The fourth-order valence-electron chi connectivity index (χ4n) is 1.73. The molecule has 1 fully saturated rings. The molecule has 0 aromatic rings. The monoisotopic (exact) mass is 171 g/mol. The molecule has 1 saturated heterocycles. The molecule has 3 unspecified atom stereocenters. The number of hydrogen-bond acceptors (Lipinski definition) is 2. The number of ether oxygens (including phenoxy) is 1. The zero-order chi connectivity index (χ0) is 9.35. The van der Waals surface area contributed by atoms with E-state index in [2.05, 4.69) is 39.9 Å². The molecule has 12 heavy (non-hydrogen) atoms. The Bertz CT molecular complexity index is 156. The third-order valence-electron chi connectivity index (χ3n) is 2.97. The lowest BCUT2D eigenvalue weighted by Crippen LogP contribution is -2.60. The summed E-state index contributed by atoms with van der Waals surface area (Å²) in [5.41, 5.74) is -0.0206. The quantitative estimate of drug-likeness (QED) is 0.651. The van der Waals surface area contributed by atoms with Crippen molar-refractivity contribution in [3.8, 4) is 0 Å². The van der Waals surface area contributed by atoms with E-state index in [1.54, 1.807) is 0 Å². The SMILES string of the molecule is CCC1OC(C)(C)C(C)NC1C. The third kappa shape index (κ3) is 1.80. The highest BCUT2D eigenvalue weighted by molar-refractivity contribution is 4.92. The predicted octanol–water partition coefficient (Wildman–Crippen LogP) is 1.94. The molecule has 1 aliphatic rings. The third-order valence-corrected chi connectivity index (χ3v) is 2.97. The zero-order valence-corrected chi connectivity index (χ0v) is 8.85. The summed E-state index contributed by atoms with van der Waals surface area (Å²) in [5.74, 6) is 0. The molecular formula is C10H21NO. The minimum Gasteiger partial charge on any atom is -0.369 e. The lowest BCUT2D eigenvalue weighted by atomic mass is 9.94. The van der Waals surface area contributed by atoms with Crippen LogP contribution in [-0.2, 0) is 4.74 Å². The van der Waals surface area contributed by atoms with E-state index >= 15 is 0 Å². The second-order valence-corrected chi connectivity index (χ2v) is 4.35. The first-order valence-corrected chi connectivity index (χ1v) is 4.91. The van der Waals surface area contributed by atoms with Gasteiger partial charge in [-0.2, -0.15) is 0 Å². The van der Waals surface area contributed by atoms with Gasteiger partial charge in [0.05, 0.1) is 11.7 Å². The van der Waals surface area contributed by atoms with Gasteiger partial charge in [0.25, 0.3) is 0 Å². The van der Waals surface area contributed by atoms with Crippen LogP contribution in [0, 0.1) is 0 Å². The van der Waals surface area contributed by atoms with Crippen molar-refractivity contribution in [2.45, 2.75) is 64.8 Å². The van der Waals surface area contributed by atoms with Crippen LogP contribution in [0.1, 0.15) is 41.0 Å². The van der Waals surface area contributed by atoms with Gasteiger partial charge in [-0.3, -0.25) is 0 Å². The molecule has 0 radical (unpaired) electrons. The van der Waals surface area contributed by atoms with E-state index in [-0.39, 0.29) is 5.60 Å². The molecule has 2 nitrogen and oxygen atoms in total. The Morgan fingerprint density at radius 3 is 2.42 bits per heavy atom. The Morgan fingerprint density at radius 1 is 1.33 bits per heavy atom. The number of hydrogen-bond donors (Lipinski definition) is 1. The van der Waals surface area contributed by atoms with E-state index in [9.17, 15) is 0 Å². The van der Waals surface area contributed by atoms with Crippen LogP contribution < -0.4 is 5.32 Å². The topological polar surface area (TPSA) is 21.3 Å². The fourth-order valence-corrected chi connectivity index (χ4v) is 1.73. The number of rotatable bonds is 1. The van der Waals surface area contributed by atoms with Crippen LogP contribution in [0.2, 0.25) is 0 Å². The Kier molecular flexibility index (Phi) is 2.79. The maximum absolute atomic E-state index is 5.98. The first kappa shape index (κ1) is 10.0. The van der Waals surface area contributed by atoms with Crippen molar-refractivity contribution in [3.63, 3.8) is 0 Å². The lowest BCUT2D eigenvalue weighted by Gasteiger charge is -2.45. The first-order chi connectivity index (χ1) is 5.47. The van der Waals surface area contributed by atoms with E-state index in [0.29, 0.717) is 18.2 Å². The molecule has 0 aromatic carbocycles. The molecule has 0 bridgehead atoms. The molecule has 72 valence electrons. The van der Waals surface area contributed by atoms with Gasteiger partial charge in [-0.05, 0) is 34.1 Å². The van der Waals surface area contributed by atoms with Gasteiger partial charge >= 0.3 is 0 Å². The Balaban J connectivity index is 2.63. The molecule has 0 saturated carbocycles. The van der Waals surface area contributed by atoms with E-state index in [4.69, 9.17) is 4.74 Å². The smallest absolute Gasteiger partial charge is 0.0780 e. The molecule has 1 aliphatic heterocycles. The van der Waals surface area contributed by atoms with Crippen molar-refractivity contribution >= 4 is 0 Å². The van der Waals surface area contributed by atoms with Crippen LogP contribution >= 0.6 is 0 Å². The van der Waals surface area contributed by atoms with Crippen LogP contribution in [0.25, 0.3) is 0 Å².